The van der Waals surface area contributed by atoms with E-state index in [-0.39, 0.29) is 17.4 Å². The number of hydrogen-bond acceptors (Lipinski definition) is 1. The Labute approximate surface area is 226 Å². The third-order valence-electron chi connectivity index (χ3n) is 7.06. The summed E-state index contributed by atoms with van der Waals surface area (Å²) in [6.45, 7) is 2.17. The van der Waals surface area contributed by atoms with Crippen LogP contribution >= 0.6 is 0 Å². The number of alkyl halides is 3. The van der Waals surface area contributed by atoms with Gasteiger partial charge in [-0.25, -0.2) is 8.78 Å². The van der Waals surface area contributed by atoms with Gasteiger partial charge in [-0.05, 0) is 89.9 Å². The summed E-state index contributed by atoms with van der Waals surface area (Å²) in [5.74, 6) is -0.741. The highest BCUT2D eigenvalue weighted by Crippen LogP contribution is 2.26. The smallest absolute Gasteiger partial charge is 0.406 e. The standard InChI is InChI=1S/C33H33F5O/c1-2-3-4-5-6-24-8-13-26(31(34)22-24)14-9-25-12-20-30-28(21-25)17-16-27(32(30)35)15-7-23-10-18-29(19-11-23)39-33(36,37)38/h8,10-13,16-22H,2-7,9,14-15H2,1H3. The van der Waals surface area contributed by atoms with Gasteiger partial charge in [0.05, 0.1) is 0 Å². The summed E-state index contributed by atoms with van der Waals surface area (Å²) in [6, 6.07) is 20.4. The van der Waals surface area contributed by atoms with Crippen molar-refractivity contribution in [2.24, 2.45) is 0 Å². The van der Waals surface area contributed by atoms with Crippen LogP contribution in [0.1, 0.15) is 60.4 Å². The molecule has 0 spiro atoms. The van der Waals surface area contributed by atoms with Crippen LogP contribution < -0.4 is 4.74 Å². The van der Waals surface area contributed by atoms with Gasteiger partial charge in [-0.15, -0.1) is 13.2 Å². The molecule has 1 nitrogen and oxygen atoms in total. The van der Waals surface area contributed by atoms with E-state index >= 15 is 4.39 Å². The van der Waals surface area contributed by atoms with Crippen molar-refractivity contribution in [3.8, 4) is 5.75 Å². The summed E-state index contributed by atoms with van der Waals surface area (Å²) in [6.07, 6.45) is 2.93. The van der Waals surface area contributed by atoms with E-state index < -0.39 is 6.36 Å². The van der Waals surface area contributed by atoms with Crippen LogP contribution in [-0.4, -0.2) is 6.36 Å². The number of benzene rings is 4. The quantitative estimate of drug-likeness (QED) is 0.128. The molecule has 0 N–H and O–H groups in total. The van der Waals surface area contributed by atoms with Gasteiger partial charge in [-0.3, -0.25) is 0 Å². The molecule has 0 amide bonds. The fourth-order valence-corrected chi connectivity index (χ4v) is 4.86. The minimum atomic E-state index is -4.73. The van der Waals surface area contributed by atoms with Crippen LogP contribution in [-0.2, 0) is 32.1 Å². The number of ether oxygens (including phenoxy) is 1. The van der Waals surface area contributed by atoms with E-state index in [2.05, 4.69) is 11.7 Å². The van der Waals surface area contributed by atoms with Crippen molar-refractivity contribution in [2.45, 2.75) is 71.1 Å². The van der Waals surface area contributed by atoms with Crippen LogP contribution in [0.2, 0.25) is 0 Å². The van der Waals surface area contributed by atoms with Gasteiger partial charge >= 0.3 is 6.36 Å². The summed E-state index contributed by atoms with van der Waals surface area (Å²) < 4.78 is 70.8. The molecule has 0 aromatic heterocycles. The molecule has 0 atom stereocenters. The molecule has 206 valence electrons. The lowest BCUT2D eigenvalue weighted by Gasteiger charge is -2.11. The largest absolute Gasteiger partial charge is 0.573 e. The third kappa shape index (κ3) is 8.29. The lowest BCUT2D eigenvalue weighted by molar-refractivity contribution is -0.274. The van der Waals surface area contributed by atoms with E-state index in [9.17, 15) is 17.6 Å². The second-order valence-corrected chi connectivity index (χ2v) is 10.0. The van der Waals surface area contributed by atoms with Crippen molar-refractivity contribution in [3.05, 3.63) is 112 Å². The van der Waals surface area contributed by atoms with E-state index in [4.69, 9.17) is 0 Å². The molecule has 0 bridgehead atoms. The predicted molar refractivity (Wildman–Crippen MR) is 146 cm³/mol. The van der Waals surface area contributed by atoms with Gasteiger partial charge in [-0.1, -0.05) is 80.8 Å². The summed E-state index contributed by atoms with van der Waals surface area (Å²) in [4.78, 5) is 0. The monoisotopic (exact) mass is 540 g/mol. The van der Waals surface area contributed by atoms with Gasteiger partial charge < -0.3 is 4.74 Å². The van der Waals surface area contributed by atoms with Gasteiger partial charge in [0.2, 0.25) is 0 Å². The summed E-state index contributed by atoms with van der Waals surface area (Å²) in [5, 5.41) is 1.30. The Morgan fingerprint density at radius 2 is 1.26 bits per heavy atom. The topological polar surface area (TPSA) is 9.23 Å². The fourth-order valence-electron chi connectivity index (χ4n) is 4.86. The van der Waals surface area contributed by atoms with E-state index in [1.165, 1.54) is 31.4 Å². The molecule has 0 aliphatic carbocycles. The van der Waals surface area contributed by atoms with Gasteiger partial charge in [0.1, 0.15) is 17.4 Å². The SMILES string of the molecule is CCCCCCc1ccc(CCc2ccc3c(F)c(CCc4ccc(OC(F)(F)F)cc4)ccc3c2)c(F)c1. The lowest BCUT2D eigenvalue weighted by Crippen LogP contribution is -2.17. The number of fused-ring (bicyclic) bond motifs is 1. The highest BCUT2D eigenvalue weighted by molar-refractivity contribution is 5.84. The molecule has 0 heterocycles. The normalized spacial score (nSPS) is 11.7. The van der Waals surface area contributed by atoms with Crippen LogP contribution in [0.25, 0.3) is 10.8 Å². The molecule has 0 aliphatic heterocycles. The Balaban J connectivity index is 1.35. The van der Waals surface area contributed by atoms with E-state index in [1.54, 1.807) is 30.3 Å². The molecule has 0 aliphatic rings. The number of halogens is 5. The van der Waals surface area contributed by atoms with Crippen LogP contribution in [0.5, 0.6) is 5.75 Å². The summed E-state index contributed by atoms with van der Waals surface area (Å²) in [5.41, 5.74) is 4.07. The van der Waals surface area contributed by atoms with Gasteiger partial charge in [0.25, 0.3) is 0 Å². The average molecular weight is 541 g/mol. The molecule has 6 heteroatoms. The van der Waals surface area contributed by atoms with Gasteiger partial charge in [0.15, 0.2) is 0 Å². The van der Waals surface area contributed by atoms with Crippen molar-refractivity contribution in [1.82, 2.24) is 0 Å². The van der Waals surface area contributed by atoms with Crippen molar-refractivity contribution in [1.29, 1.82) is 0 Å². The molecule has 39 heavy (non-hydrogen) atoms. The van der Waals surface area contributed by atoms with Crippen LogP contribution in [0, 0.1) is 11.6 Å². The average Bonchev–Trinajstić information content (AvgIpc) is 2.90. The zero-order valence-corrected chi connectivity index (χ0v) is 22.1. The second kappa shape index (κ2) is 13.1. The van der Waals surface area contributed by atoms with E-state index in [0.717, 1.165) is 34.9 Å². The number of aryl methyl sites for hydroxylation is 5. The van der Waals surface area contributed by atoms with Crippen molar-refractivity contribution in [2.75, 3.05) is 0 Å². The number of rotatable bonds is 12. The molecule has 0 unspecified atom stereocenters. The first-order chi connectivity index (χ1) is 18.7. The zero-order chi connectivity index (χ0) is 27.8. The molecule has 0 fully saturated rings. The maximum atomic E-state index is 15.2. The minimum absolute atomic E-state index is 0.165. The van der Waals surface area contributed by atoms with Crippen LogP contribution in [0.15, 0.2) is 72.8 Å². The van der Waals surface area contributed by atoms with Gasteiger partial charge in [0, 0.05) is 5.39 Å². The first-order valence-electron chi connectivity index (χ1n) is 13.5. The second-order valence-electron chi connectivity index (χ2n) is 10.0. The van der Waals surface area contributed by atoms with E-state index in [0.29, 0.717) is 42.2 Å². The lowest BCUT2D eigenvalue weighted by atomic mass is 9.96. The Bertz CT molecular complexity index is 1380. The fraction of sp³-hybridized carbons (Fsp3) is 0.333. The molecular weight excluding hydrogens is 507 g/mol. The zero-order valence-electron chi connectivity index (χ0n) is 22.1. The van der Waals surface area contributed by atoms with Crippen molar-refractivity contribution in [3.63, 3.8) is 0 Å². The molecule has 0 saturated carbocycles. The maximum absolute atomic E-state index is 15.2. The Kier molecular flexibility index (Phi) is 9.60. The molecule has 4 aromatic rings. The molecule has 0 radical (unpaired) electrons. The third-order valence-corrected chi connectivity index (χ3v) is 7.06. The van der Waals surface area contributed by atoms with Crippen molar-refractivity contribution >= 4 is 10.8 Å². The number of unbranched alkanes of at least 4 members (excludes halogenated alkanes) is 3. The Morgan fingerprint density at radius 1 is 0.615 bits per heavy atom. The predicted octanol–water partition coefficient (Wildman–Crippen LogP) is 9.71. The Hall–Kier alpha value is -3.41. The summed E-state index contributed by atoms with van der Waals surface area (Å²) >= 11 is 0. The number of hydrogen-bond donors (Lipinski definition) is 0. The molecular formula is C33H33F5O. The molecule has 4 rings (SSSR count). The first kappa shape index (κ1) is 28.6. The van der Waals surface area contributed by atoms with E-state index in [1.807, 2.05) is 30.3 Å². The first-order valence-corrected chi connectivity index (χ1v) is 13.5. The van der Waals surface area contributed by atoms with Crippen LogP contribution in [0.3, 0.4) is 0 Å². The highest BCUT2D eigenvalue weighted by atomic mass is 19.4. The Morgan fingerprint density at radius 3 is 1.97 bits per heavy atom. The van der Waals surface area contributed by atoms with Crippen LogP contribution in [0.4, 0.5) is 22.0 Å². The van der Waals surface area contributed by atoms with Crippen molar-refractivity contribution < 1.29 is 26.7 Å². The van der Waals surface area contributed by atoms with Gasteiger partial charge in [-0.2, -0.15) is 0 Å². The highest BCUT2D eigenvalue weighted by Gasteiger charge is 2.30. The maximum Gasteiger partial charge on any atom is 0.573 e. The molecule has 4 aromatic carbocycles. The molecule has 0 saturated heterocycles. The minimum Gasteiger partial charge on any atom is -0.406 e. The summed E-state index contributed by atoms with van der Waals surface area (Å²) in [7, 11) is 0.